The number of benzene rings is 2. The van der Waals surface area contributed by atoms with Crippen molar-refractivity contribution in [2.24, 2.45) is 0 Å². The van der Waals surface area contributed by atoms with Crippen molar-refractivity contribution in [2.75, 3.05) is 14.2 Å². The highest BCUT2D eigenvalue weighted by Gasteiger charge is 2.32. The van der Waals surface area contributed by atoms with Crippen LogP contribution in [0.2, 0.25) is 0 Å². The van der Waals surface area contributed by atoms with Crippen molar-refractivity contribution in [3.8, 4) is 11.5 Å². The van der Waals surface area contributed by atoms with E-state index in [2.05, 4.69) is 15.9 Å². The fourth-order valence-corrected chi connectivity index (χ4v) is 4.58. The molecule has 0 atom stereocenters. The number of hydrogen-bond acceptors (Lipinski definition) is 4. The van der Waals surface area contributed by atoms with Gasteiger partial charge in [0.15, 0.2) is 11.5 Å². The first-order chi connectivity index (χ1) is 11.0. The van der Waals surface area contributed by atoms with Gasteiger partial charge in [0.2, 0.25) is 10.0 Å². The fourth-order valence-electron chi connectivity index (χ4n) is 2.65. The second-order valence-electron chi connectivity index (χ2n) is 5.17. The maximum atomic E-state index is 12.9. The maximum absolute atomic E-state index is 12.9. The maximum Gasteiger partial charge on any atom is 0.243 e. The molecule has 2 aromatic rings. The fraction of sp³-hybridized carbons (Fsp3) is 0.250. The van der Waals surface area contributed by atoms with Crippen LogP contribution in [-0.2, 0) is 23.1 Å². The van der Waals surface area contributed by atoms with Crippen LogP contribution in [0.5, 0.6) is 11.5 Å². The molecule has 0 fully saturated rings. The summed E-state index contributed by atoms with van der Waals surface area (Å²) in [5.74, 6) is 0.894. The van der Waals surface area contributed by atoms with Gasteiger partial charge in [0.25, 0.3) is 0 Å². The van der Waals surface area contributed by atoms with Crippen LogP contribution in [0.3, 0.4) is 0 Å². The summed E-state index contributed by atoms with van der Waals surface area (Å²) in [4.78, 5) is 0.194. The van der Waals surface area contributed by atoms with E-state index in [4.69, 9.17) is 9.47 Å². The Hall–Kier alpha value is -1.57. The third kappa shape index (κ3) is 2.84. The molecule has 0 saturated carbocycles. The zero-order valence-corrected chi connectivity index (χ0v) is 15.1. The quantitative estimate of drug-likeness (QED) is 0.794. The van der Waals surface area contributed by atoms with E-state index in [-0.39, 0.29) is 4.90 Å². The molecular weight excluding hydrogens is 382 g/mol. The Morgan fingerprint density at radius 3 is 2.43 bits per heavy atom. The van der Waals surface area contributed by atoms with Crippen molar-refractivity contribution < 1.29 is 17.9 Å². The first-order valence-corrected chi connectivity index (χ1v) is 9.19. The number of halogens is 1. The Labute approximate surface area is 144 Å². The highest BCUT2D eigenvalue weighted by atomic mass is 79.9. The Morgan fingerprint density at radius 2 is 1.78 bits per heavy atom. The zero-order chi connectivity index (χ0) is 16.6. The molecule has 0 saturated heterocycles. The summed E-state index contributed by atoms with van der Waals surface area (Å²) >= 11 is 3.48. The highest BCUT2D eigenvalue weighted by Crippen LogP contribution is 2.35. The first kappa shape index (κ1) is 16.3. The summed E-state index contributed by atoms with van der Waals surface area (Å²) in [7, 11) is -0.606. The highest BCUT2D eigenvalue weighted by molar-refractivity contribution is 9.10. The van der Waals surface area contributed by atoms with E-state index in [9.17, 15) is 8.42 Å². The van der Waals surface area contributed by atoms with Gasteiger partial charge < -0.3 is 9.47 Å². The van der Waals surface area contributed by atoms with Crippen LogP contribution in [0.25, 0.3) is 0 Å². The first-order valence-electron chi connectivity index (χ1n) is 6.96. The van der Waals surface area contributed by atoms with E-state index in [0.717, 1.165) is 15.6 Å². The molecule has 3 rings (SSSR count). The lowest BCUT2D eigenvalue weighted by molar-refractivity contribution is 0.353. The summed E-state index contributed by atoms with van der Waals surface area (Å²) < 4.78 is 38.5. The molecule has 23 heavy (non-hydrogen) atoms. The second-order valence-corrected chi connectivity index (χ2v) is 7.96. The average molecular weight is 398 g/mol. The zero-order valence-electron chi connectivity index (χ0n) is 12.7. The van der Waals surface area contributed by atoms with E-state index >= 15 is 0 Å². The van der Waals surface area contributed by atoms with Crippen LogP contribution in [0.1, 0.15) is 11.1 Å². The largest absolute Gasteiger partial charge is 0.493 e. The standard InChI is InChI=1S/C16H16BrNO4S/c1-21-15-7-6-12(8-16(15)22-2)23(19,20)18-9-11-4-3-5-14(17)13(11)10-18/h3-8H,9-10H2,1-2H3. The number of rotatable bonds is 4. The average Bonchev–Trinajstić information content (AvgIpc) is 3.00. The number of methoxy groups -OCH3 is 2. The van der Waals surface area contributed by atoms with Gasteiger partial charge in [-0.05, 0) is 29.3 Å². The van der Waals surface area contributed by atoms with E-state index in [1.165, 1.54) is 30.7 Å². The van der Waals surface area contributed by atoms with Crippen molar-refractivity contribution in [3.05, 3.63) is 52.0 Å². The van der Waals surface area contributed by atoms with E-state index in [0.29, 0.717) is 24.6 Å². The normalized spacial score (nSPS) is 14.6. The summed E-state index contributed by atoms with van der Waals surface area (Å²) in [5.41, 5.74) is 2.03. The van der Waals surface area contributed by atoms with Gasteiger partial charge >= 0.3 is 0 Å². The molecule has 5 nitrogen and oxygen atoms in total. The molecule has 122 valence electrons. The minimum Gasteiger partial charge on any atom is -0.493 e. The van der Waals surface area contributed by atoms with Gasteiger partial charge in [0.1, 0.15) is 0 Å². The Kier molecular flexibility index (Phi) is 4.35. The minimum absolute atomic E-state index is 0.194. The lowest BCUT2D eigenvalue weighted by Crippen LogP contribution is -2.25. The van der Waals surface area contributed by atoms with Crippen LogP contribution < -0.4 is 9.47 Å². The van der Waals surface area contributed by atoms with Gasteiger partial charge in [0, 0.05) is 23.6 Å². The molecule has 0 N–H and O–H groups in total. The molecule has 0 aliphatic carbocycles. The molecule has 1 aliphatic heterocycles. The predicted molar refractivity (Wildman–Crippen MR) is 90.1 cm³/mol. The van der Waals surface area contributed by atoms with Crippen LogP contribution in [0, 0.1) is 0 Å². The lowest BCUT2D eigenvalue weighted by Gasteiger charge is -2.17. The number of ether oxygens (including phenoxy) is 2. The molecule has 0 amide bonds. The number of nitrogens with zero attached hydrogens (tertiary/aromatic N) is 1. The SMILES string of the molecule is COc1ccc(S(=O)(=O)N2Cc3cccc(Br)c3C2)cc1OC. The molecule has 0 spiro atoms. The summed E-state index contributed by atoms with van der Waals surface area (Å²) in [5, 5.41) is 0. The smallest absolute Gasteiger partial charge is 0.243 e. The summed E-state index contributed by atoms with van der Waals surface area (Å²) in [6.45, 7) is 0.721. The summed E-state index contributed by atoms with van der Waals surface area (Å²) in [6.07, 6.45) is 0. The van der Waals surface area contributed by atoms with Crippen LogP contribution in [0.4, 0.5) is 0 Å². The molecular formula is C16H16BrNO4S. The van der Waals surface area contributed by atoms with Gasteiger partial charge in [-0.1, -0.05) is 28.1 Å². The third-order valence-electron chi connectivity index (χ3n) is 3.89. The number of sulfonamides is 1. The number of fused-ring (bicyclic) bond motifs is 1. The molecule has 0 bridgehead atoms. The molecule has 0 unspecified atom stereocenters. The van der Waals surface area contributed by atoms with Crippen LogP contribution in [-0.4, -0.2) is 26.9 Å². The molecule has 1 aliphatic rings. The minimum atomic E-state index is -3.60. The molecule has 1 heterocycles. The Balaban J connectivity index is 1.96. The van der Waals surface area contributed by atoms with Gasteiger partial charge in [-0.3, -0.25) is 0 Å². The van der Waals surface area contributed by atoms with Crippen molar-refractivity contribution in [3.63, 3.8) is 0 Å². The lowest BCUT2D eigenvalue weighted by atomic mass is 10.1. The topological polar surface area (TPSA) is 55.8 Å². The van der Waals surface area contributed by atoms with Crippen molar-refractivity contribution in [1.82, 2.24) is 4.31 Å². The molecule has 7 heteroatoms. The van der Waals surface area contributed by atoms with E-state index < -0.39 is 10.0 Å². The monoisotopic (exact) mass is 397 g/mol. The van der Waals surface area contributed by atoms with Crippen molar-refractivity contribution in [2.45, 2.75) is 18.0 Å². The molecule has 0 radical (unpaired) electrons. The van der Waals surface area contributed by atoms with Crippen LogP contribution in [0.15, 0.2) is 45.8 Å². The van der Waals surface area contributed by atoms with Gasteiger partial charge in [-0.25, -0.2) is 8.42 Å². The van der Waals surface area contributed by atoms with E-state index in [1.807, 2.05) is 18.2 Å². The van der Waals surface area contributed by atoms with Gasteiger partial charge in [-0.15, -0.1) is 0 Å². The Bertz CT molecular complexity index is 851. The second kappa shape index (κ2) is 6.14. The van der Waals surface area contributed by atoms with E-state index in [1.54, 1.807) is 6.07 Å². The number of hydrogen-bond donors (Lipinski definition) is 0. The molecule has 2 aromatic carbocycles. The van der Waals surface area contributed by atoms with Crippen molar-refractivity contribution >= 4 is 26.0 Å². The molecule has 0 aromatic heterocycles. The van der Waals surface area contributed by atoms with Gasteiger partial charge in [0.05, 0.1) is 19.1 Å². The van der Waals surface area contributed by atoms with Crippen molar-refractivity contribution in [1.29, 1.82) is 0 Å². The third-order valence-corrected chi connectivity index (χ3v) is 6.42. The summed E-state index contributed by atoms with van der Waals surface area (Å²) in [6, 6.07) is 10.4. The van der Waals surface area contributed by atoms with Crippen LogP contribution >= 0.6 is 15.9 Å². The predicted octanol–water partition coefficient (Wildman–Crippen LogP) is 3.17. The Morgan fingerprint density at radius 1 is 1.04 bits per heavy atom. The van der Waals surface area contributed by atoms with Gasteiger partial charge in [-0.2, -0.15) is 4.31 Å².